The van der Waals surface area contributed by atoms with Crippen LogP contribution in [-0.4, -0.2) is 54.6 Å². The van der Waals surface area contributed by atoms with Gasteiger partial charge < -0.3 is 24.5 Å². The van der Waals surface area contributed by atoms with E-state index in [1.807, 2.05) is 0 Å². The molecule has 0 nitrogen and oxygen atoms in total. The van der Waals surface area contributed by atoms with Gasteiger partial charge in [-0.05, 0) is 0 Å². The Balaban J connectivity index is 0. The van der Waals surface area contributed by atoms with Crippen LogP contribution in [0.4, 0.5) is 0 Å². The topological polar surface area (TPSA) is 0 Å². The van der Waals surface area contributed by atoms with Gasteiger partial charge in [-0.1, -0.05) is 7.29 Å². The molecule has 1 saturated heterocycles. The Bertz CT molecular complexity index is 164. The Morgan fingerprint density at radius 1 is 0.900 bits per heavy atom. The zero-order valence-corrected chi connectivity index (χ0v) is 20.2. The summed E-state index contributed by atoms with van der Waals surface area (Å²) in [5.74, 6) is 0. The first-order valence-electron chi connectivity index (χ1n) is 1.46. The Hall–Kier alpha value is 4.54. The molecule has 0 amide bonds. The van der Waals surface area contributed by atoms with E-state index in [0.717, 1.165) is 0 Å². The molecule has 0 bridgehead atoms. The van der Waals surface area contributed by atoms with Gasteiger partial charge in [0.15, 0.2) is 0 Å². The summed E-state index contributed by atoms with van der Waals surface area (Å²) in [6, 6.07) is 0. The van der Waals surface area contributed by atoms with Gasteiger partial charge in [0.25, 0.3) is 0 Å². The van der Waals surface area contributed by atoms with Crippen LogP contribution in [0.3, 0.4) is 0 Å². The maximum absolute atomic E-state index is 4.97. The monoisotopic (exact) mass is 664 g/mol. The van der Waals surface area contributed by atoms with Crippen molar-refractivity contribution in [3.05, 3.63) is 0 Å². The van der Waals surface area contributed by atoms with E-state index in [2.05, 4.69) is 0 Å². The zero-order chi connectivity index (χ0) is 6.41. The normalized spacial score (nSPS) is 44.2. The molecule has 52 valence electrons. The van der Waals surface area contributed by atoms with Crippen molar-refractivity contribution < 1.29 is 0 Å². The summed E-state index contributed by atoms with van der Waals surface area (Å²) in [7, 11) is 0. The Morgan fingerprint density at radius 2 is 1.10 bits per heavy atom. The molecular weight excluding hydrogens is 663 g/mol. The van der Waals surface area contributed by atoms with Crippen molar-refractivity contribution in [1.29, 1.82) is 0 Å². The summed E-state index contributed by atoms with van der Waals surface area (Å²) in [5, 5.41) is 0. The predicted molar refractivity (Wildman–Crippen MR) is 70.0 cm³/mol. The van der Waals surface area contributed by atoms with Crippen LogP contribution in [0.1, 0.15) is 0 Å². The van der Waals surface area contributed by atoms with E-state index >= 15 is 0 Å². The van der Waals surface area contributed by atoms with E-state index in [0.29, 0.717) is 0 Å². The second-order valence-corrected chi connectivity index (χ2v) is 28.6. The maximum Gasteiger partial charge on any atom is 1.00 e. The van der Waals surface area contributed by atoms with E-state index in [9.17, 15) is 0 Å². The van der Waals surface area contributed by atoms with Crippen LogP contribution < -0.4 is 0 Å². The molecule has 0 unspecified atom stereocenters. The van der Waals surface area contributed by atoms with Crippen molar-refractivity contribution in [2.75, 3.05) is 0 Å². The molecule has 10 heavy (non-hydrogen) atoms. The maximum atomic E-state index is 4.97. The van der Waals surface area contributed by atoms with Crippen molar-refractivity contribution in [2.45, 2.75) is 0 Å². The molecule has 0 aromatic carbocycles. The third-order valence-electron chi connectivity index (χ3n) is 0.400. The van der Waals surface area contributed by atoms with Gasteiger partial charge in [0.1, 0.15) is 0 Å². The van der Waals surface area contributed by atoms with Gasteiger partial charge in [0.05, 0.1) is 0 Å². The van der Waals surface area contributed by atoms with Gasteiger partial charge in [-0.25, -0.2) is 0 Å². The fourth-order valence-electron chi connectivity index (χ4n) is 0.251. The first-order valence-corrected chi connectivity index (χ1v) is 13.1. The molecule has 1 aliphatic rings. The van der Waals surface area contributed by atoms with Gasteiger partial charge in [0.2, 0.25) is 0 Å². The van der Waals surface area contributed by atoms with Crippen molar-refractivity contribution in [1.82, 2.24) is 0 Å². The van der Waals surface area contributed by atoms with Gasteiger partial charge in [0, 0.05) is 0 Å². The molecule has 0 N–H and O–H groups in total. The van der Waals surface area contributed by atoms with Crippen LogP contribution in [0.5, 0.6) is 0 Å². The van der Waals surface area contributed by atoms with Crippen LogP contribution in [0.15, 0.2) is 0 Å². The average molecular weight is 663 g/mol. The van der Waals surface area contributed by atoms with E-state index in [-0.39, 0.29) is 54.6 Å². The number of hydrogen-bond donors (Lipinski definition) is 0. The molecule has 0 atom stereocenters. The summed E-state index contributed by atoms with van der Waals surface area (Å²) in [6.45, 7) is 0. The molecule has 0 aromatic rings. The van der Waals surface area contributed by atoms with Crippen molar-refractivity contribution in [3.63, 3.8) is 0 Å². The van der Waals surface area contributed by atoms with E-state index in [4.69, 9.17) is 48.1 Å². The molecule has 1 aliphatic heterocycles. The standard InChI is InChI=1S/H2P2S6.2Tl/c3-1(4)7-2(5,6)8-1;;/h(H,3,4)(H,5,6);;/q;2*+1/p-2. The van der Waals surface area contributed by atoms with Gasteiger partial charge in [-0.15, -0.1) is 45.6 Å². The molecule has 0 radical (unpaired) electrons. The molecule has 0 aliphatic carbocycles. The summed E-state index contributed by atoms with van der Waals surface area (Å²) >= 11 is 22.9. The smallest absolute Gasteiger partial charge is 0.725 e. The van der Waals surface area contributed by atoms with E-state index in [1.54, 1.807) is 0 Å². The third kappa shape index (κ3) is 6.11. The summed E-state index contributed by atoms with van der Waals surface area (Å²) < 4.78 is -2.99. The molecule has 10 heteroatoms. The average Bonchev–Trinajstić information content (AvgIpc) is 1.20. The number of rotatable bonds is 0. The molecule has 1 fully saturated rings. The summed E-state index contributed by atoms with van der Waals surface area (Å²) in [6.07, 6.45) is 0. The van der Waals surface area contributed by atoms with Crippen LogP contribution >= 0.6 is 29.3 Å². The van der Waals surface area contributed by atoms with Gasteiger partial charge >= 0.3 is 54.6 Å². The zero-order valence-electron chi connectivity index (χ0n) is 4.50. The second kappa shape index (κ2) is 6.20. The van der Waals surface area contributed by atoms with E-state index < -0.39 is 7.29 Å². The molecular formula is P2S6Tl2. The van der Waals surface area contributed by atoms with Crippen molar-refractivity contribution in [2.24, 2.45) is 0 Å². The number of hydrogen-bond acceptors (Lipinski definition) is 6. The first kappa shape index (κ1) is 17.0. The summed E-state index contributed by atoms with van der Waals surface area (Å²) in [4.78, 5) is 0. The van der Waals surface area contributed by atoms with Crippen LogP contribution in [-0.2, 0) is 48.1 Å². The third-order valence-corrected chi connectivity index (χ3v) is 32.4. The molecule has 0 spiro atoms. The Kier molecular flexibility index (Phi) is 10.5. The molecule has 1 heterocycles. The SMILES string of the molecule is S=P1([S-])SP(=S)([S-])S1.[Tl+].[Tl+]. The van der Waals surface area contributed by atoms with E-state index in [1.165, 1.54) is 22.0 Å². The molecule has 1 rings (SSSR count). The van der Waals surface area contributed by atoms with Crippen LogP contribution in [0.2, 0.25) is 0 Å². The van der Waals surface area contributed by atoms with Gasteiger partial charge in [-0.3, -0.25) is 0 Å². The minimum atomic E-state index is -1.50. The second-order valence-electron chi connectivity index (χ2n) is 1.06. The molecule has 0 saturated carbocycles. The first-order chi connectivity index (χ1) is 3.41. The Morgan fingerprint density at radius 3 is 1.10 bits per heavy atom. The fourth-order valence-corrected chi connectivity index (χ4v) is 55.6. The van der Waals surface area contributed by atoms with Crippen LogP contribution in [0, 0.1) is 0 Å². The van der Waals surface area contributed by atoms with Crippen molar-refractivity contribution in [3.8, 4) is 0 Å². The van der Waals surface area contributed by atoms with Crippen molar-refractivity contribution >= 4 is 132 Å². The minimum Gasteiger partial charge on any atom is -0.725 e. The Labute approximate surface area is 129 Å². The minimum absolute atomic E-state index is 0. The fraction of sp³-hybridized carbons (Fsp3) is 0. The predicted octanol–water partition coefficient (Wildman–Crippen LogP) is 2.25. The van der Waals surface area contributed by atoms with Gasteiger partial charge in [-0.2, -0.15) is 0 Å². The quantitative estimate of drug-likeness (QED) is 0.220. The van der Waals surface area contributed by atoms with Crippen LogP contribution in [0.25, 0.3) is 0 Å². The largest absolute Gasteiger partial charge is 1.00 e. The summed E-state index contributed by atoms with van der Waals surface area (Å²) in [5.41, 5.74) is 0. The molecule has 0 aromatic heterocycles.